The highest BCUT2D eigenvalue weighted by Crippen LogP contribution is 2.52. The fourth-order valence-electron chi connectivity index (χ4n) is 2.27. The average Bonchev–Trinajstić information content (AvgIpc) is 2.97. The molecule has 1 fully saturated rings. The normalized spacial score (nSPS) is 29.6. The Morgan fingerprint density at radius 1 is 1.21 bits per heavy atom. The Morgan fingerprint density at radius 3 is 2.43 bits per heavy atom. The number of nitrogens with two attached hydrogens (primary N) is 1. The van der Waals surface area contributed by atoms with Crippen molar-refractivity contribution in [3.05, 3.63) is 35.9 Å². The van der Waals surface area contributed by atoms with Crippen molar-refractivity contribution in [1.82, 2.24) is 0 Å². The van der Waals surface area contributed by atoms with Crippen molar-refractivity contribution >= 4 is 0 Å². The van der Waals surface area contributed by atoms with E-state index in [2.05, 4.69) is 44.2 Å². The molecule has 1 aliphatic rings. The summed E-state index contributed by atoms with van der Waals surface area (Å²) in [5.41, 5.74) is 7.41. The largest absolute Gasteiger partial charge is 0.328 e. The molecule has 76 valence electrons. The number of hydrogen-bond acceptors (Lipinski definition) is 1. The SMILES string of the molecule is CC(N)C(C)C1CC1c1ccccc1. The lowest BCUT2D eigenvalue weighted by atomic mass is 9.95. The molecule has 0 aliphatic heterocycles. The van der Waals surface area contributed by atoms with Crippen molar-refractivity contribution < 1.29 is 0 Å². The third kappa shape index (κ3) is 1.83. The minimum absolute atomic E-state index is 0.328. The smallest absolute Gasteiger partial charge is 0.00389 e. The number of hydrogen-bond donors (Lipinski definition) is 1. The summed E-state index contributed by atoms with van der Waals surface area (Å²) in [7, 11) is 0. The molecule has 2 N–H and O–H groups in total. The molecule has 0 heterocycles. The van der Waals surface area contributed by atoms with E-state index in [9.17, 15) is 0 Å². The lowest BCUT2D eigenvalue weighted by Gasteiger charge is -2.15. The van der Waals surface area contributed by atoms with Crippen LogP contribution < -0.4 is 5.73 Å². The Hall–Kier alpha value is -0.820. The second-order valence-electron chi connectivity index (χ2n) is 4.63. The van der Waals surface area contributed by atoms with Crippen LogP contribution in [0.4, 0.5) is 0 Å². The zero-order valence-corrected chi connectivity index (χ0v) is 8.98. The summed E-state index contributed by atoms with van der Waals surface area (Å²) in [4.78, 5) is 0. The van der Waals surface area contributed by atoms with Gasteiger partial charge in [-0.2, -0.15) is 0 Å². The Balaban J connectivity index is 2.00. The minimum Gasteiger partial charge on any atom is -0.328 e. The van der Waals surface area contributed by atoms with Crippen LogP contribution in [0.1, 0.15) is 31.7 Å². The molecule has 0 bridgehead atoms. The molecular formula is C13H19N. The molecule has 1 saturated carbocycles. The average molecular weight is 189 g/mol. The third-order valence-electron chi connectivity index (χ3n) is 3.57. The van der Waals surface area contributed by atoms with E-state index in [1.807, 2.05) is 0 Å². The molecule has 1 aromatic carbocycles. The van der Waals surface area contributed by atoms with Gasteiger partial charge in [-0.05, 0) is 36.7 Å². The molecule has 0 aromatic heterocycles. The highest BCUT2D eigenvalue weighted by molar-refractivity contribution is 5.26. The van der Waals surface area contributed by atoms with Gasteiger partial charge in [0.05, 0.1) is 0 Å². The van der Waals surface area contributed by atoms with E-state index in [-0.39, 0.29) is 0 Å². The molecule has 1 aromatic rings. The zero-order valence-electron chi connectivity index (χ0n) is 8.98. The lowest BCUT2D eigenvalue weighted by Crippen LogP contribution is -2.25. The third-order valence-corrected chi connectivity index (χ3v) is 3.57. The van der Waals surface area contributed by atoms with Crippen LogP contribution in [-0.2, 0) is 0 Å². The van der Waals surface area contributed by atoms with Gasteiger partial charge in [-0.15, -0.1) is 0 Å². The van der Waals surface area contributed by atoms with Crippen LogP contribution >= 0.6 is 0 Å². The monoisotopic (exact) mass is 189 g/mol. The second kappa shape index (κ2) is 3.74. The van der Waals surface area contributed by atoms with Crippen LogP contribution in [-0.4, -0.2) is 6.04 Å². The van der Waals surface area contributed by atoms with Crippen molar-refractivity contribution in [3.63, 3.8) is 0 Å². The van der Waals surface area contributed by atoms with Crippen LogP contribution in [0.2, 0.25) is 0 Å². The second-order valence-corrected chi connectivity index (χ2v) is 4.63. The van der Waals surface area contributed by atoms with Crippen molar-refractivity contribution in [1.29, 1.82) is 0 Å². The van der Waals surface area contributed by atoms with Gasteiger partial charge in [0.25, 0.3) is 0 Å². The van der Waals surface area contributed by atoms with Crippen LogP contribution in [0, 0.1) is 11.8 Å². The van der Waals surface area contributed by atoms with Gasteiger partial charge in [0, 0.05) is 6.04 Å². The van der Waals surface area contributed by atoms with Gasteiger partial charge in [-0.3, -0.25) is 0 Å². The van der Waals surface area contributed by atoms with E-state index in [1.54, 1.807) is 0 Å². The number of rotatable bonds is 3. The highest BCUT2D eigenvalue weighted by Gasteiger charge is 2.42. The summed E-state index contributed by atoms with van der Waals surface area (Å²) in [6, 6.07) is 11.1. The fraction of sp³-hybridized carbons (Fsp3) is 0.538. The molecular weight excluding hydrogens is 170 g/mol. The molecule has 4 atom stereocenters. The predicted octanol–water partition coefficient (Wildman–Crippen LogP) is 2.77. The van der Waals surface area contributed by atoms with Gasteiger partial charge in [0.2, 0.25) is 0 Å². The lowest BCUT2D eigenvalue weighted by molar-refractivity contribution is 0.422. The standard InChI is InChI=1S/C13H19N/c1-9(10(2)14)12-8-13(12)11-6-4-3-5-7-11/h3-7,9-10,12-13H,8,14H2,1-2H3. The Bertz CT molecular complexity index is 291. The molecule has 4 unspecified atom stereocenters. The van der Waals surface area contributed by atoms with Crippen molar-refractivity contribution in [2.24, 2.45) is 17.6 Å². The molecule has 0 saturated heterocycles. The zero-order chi connectivity index (χ0) is 10.1. The van der Waals surface area contributed by atoms with Crippen LogP contribution in [0.5, 0.6) is 0 Å². The quantitative estimate of drug-likeness (QED) is 0.777. The summed E-state index contributed by atoms with van der Waals surface area (Å²) in [6.07, 6.45) is 1.33. The Morgan fingerprint density at radius 2 is 1.86 bits per heavy atom. The van der Waals surface area contributed by atoms with Crippen LogP contribution in [0.15, 0.2) is 30.3 Å². The van der Waals surface area contributed by atoms with Gasteiger partial charge in [-0.1, -0.05) is 37.3 Å². The van der Waals surface area contributed by atoms with Gasteiger partial charge in [0.1, 0.15) is 0 Å². The summed E-state index contributed by atoms with van der Waals surface area (Å²) in [6.45, 7) is 4.39. The molecule has 0 amide bonds. The van der Waals surface area contributed by atoms with Crippen molar-refractivity contribution in [2.45, 2.75) is 32.2 Å². The summed E-state index contributed by atoms with van der Waals surface area (Å²) in [5, 5.41) is 0. The highest BCUT2D eigenvalue weighted by atomic mass is 14.7. The first-order valence-electron chi connectivity index (χ1n) is 5.50. The van der Waals surface area contributed by atoms with Crippen molar-refractivity contribution in [2.75, 3.05) is 0 Å². The van der Waals surface area contributed by atoms with E-state index in [0.29, 0.717) is 12.0 Å². The van der Waals surface area contributed by atoms with E-state index < -0.39 is 0 Å². The molecule has 0 radical (unpaired) electrons. The fourth-order valence-corrected chi connectivity index (χ4v) is 2.27. The van der Waals surface area contributed by atoms with E-state index in [4.69, 9.17) is 5.73 Å². The van der Waals surface area contributed by atoms with Gasteiger partial charge >= 0.3 is 0 Å². The molecule has 14 heavy (non-hydrogen) atoms. The number of benzene rings is 1. The minimum atomic E-state index is 0.328. The molecule has 0 spiro atoms. The molecule has 1 aliphatic carbocycles. The first-order chi connectivity index (χ1) is 6.70. The first-order valence-corrected chi connectivity index (χ1v) is 5.50. The summed E-state index contributed by atoms with van der Waals surface area (Å²) >= 11 is 0. The maximum Gasteiger partial charge on any atom is 0.00389 e. The maximum absolute atomic E-state index is 5.92. The Kier molecular flexibility index (Phi) is 2.60. The van der Waals surface area contributed by atoms with Crippen LogP contribution in [0.25, 0.3) is 0 Å². The van der Waals surface area contributed by atoms with Gasteiger partial charge in [-0.25, -0.2) is 0 Å². The molecule has 2 rings (SSSR count). The van der Waals surface area contributed by atoms with Crippen LogP contribution in [0.3, 0.4) is 0 Å². The summed E-state index contributed by atoms with van der Waals surface area (Å²) < 4.78 is 0. The van der Waals surface area contributed by atoms with E-state index in [0.717, 1.165) is 11.8 Å². The predicted molar refractivity (Wildman–Crippen MR) is 60.1 cm³/mol. The first kappa shape index (κ1) is 9.72. The topological polar surface area (TPSA) is 26.0 Å². The maximum atomic E-state index is 5.92. The molecule has 1 heteroatoms. The van der Waals surface area contributed by atoms with Gasteiger partial charge in [0.15, 0.2) is 0 Å². The van der Waals surface area contributed by atoms with Crippen molar-refractivity contribution in [3.8, 4) is 0 Å². The van der Waals surface area contributed by atoms with E-state index >= 15 is 0 Å². The van der Waals surface area contributed by atoms with E-state index in [1.165, 1.54) is 12.0 Å². The Labute approximate surface area is 86.3 Å². The molecule has 1 nitrogen and oxygen atoms in total. The van der Waals surface area contributed by atoms with Gasteiger partial charge < -0.3 is 5.73 Å². The summed E-state index contributed by atoms with van der Waals surface area (Å²) in [5.74, 6) is 2.25.